The second kappa shape index (κ2) is 4.70. The number of hydrogen-bond donors (Lipinski definition) is 1. The van der Waals surface area contributed by atoms with Crippen LogP contribution in [-0.2, 0) is 12.6 Å². The minimum atomic E-state index is -4.29. The van der Waals surface area contributed by atoms with Crippen molar-refractivity contribution in [3.05, 3.63) is 64.2 Å². The molecule has 0 saturated heterocycles. The number of nitrogens with one attached hydrogen (secondary N) is 1. The first-order valence-electron chi connectivity index (χ1n) is 6.15. The number of benzene rings is 2. The van der Waals surface area contributed by atoms with E-state index in [9.17, 15) is 13.2 Å². The predicted octanol–water partition coefficient (Wildman–Crippen LogP) is 5.07. The summed E-state index contributed by atoms with van der Waals surface area (Å²) in [5.74, 6) is 0. The summed E-state index contributed by atoms with van der Waals surface area (Å²) in [5, 5.41) is 3.93. The molecule has 104 valence electrons. The van der Waals surface area contributed by atoms with Gasteiger partial charge in [-0.05, 0) is 41.8 Å². The van der Waals surface area contributed by atoms with Gasteiger partial charge in [0.15, 0.2) is 0 Å². The minimum absolute atomic E-state index is 0.00856. The van der Waals surface area contributed by atoms with Crippen LogP contribution in [0.1, 0.15) is 22.7 Å². The molecule has 0 amide bonds. The first-order valence-corrected chi connectivity index (χ1v) is 6.53. The summed E-state index contributed by atoms with van der Waals surface area (Å²) in [4.78, 5) is 0. The molecule has 0 radical (unpaired) electrons. The zero-order chi connectivity index (χ0) is 14.3. The number of halogens is 4. The van der Waals surface area contributed by atoms with Gasteiger partial charge in [-0.1, -0.05) is 29.8 Å². The standard InChI is InChI=1S/C15H11ClF3N/c16-12-6-3-10-7-13(20-14(10)8-12)9-1-4-11(5-2-9)15(17,18)19/h1-6,8,13,20H,7H2. The van der Waals surface area contributed by atoms with Crippen LogP contribution in [0.25, 0.3) is 0 Å². The van der Waals surface area contributed by atoms with Gasteiger partial charge in [0.25, 0.3) is 0 Å². The first kappa shape index (κ1) is 13.3. The molecule has 0 aromatic heterocycles. The van der Waals surface area contributed by atoms with E-state index in [0.717, 1.165) is 35.4 Å². The maximum Gasteiger partial charge on any atom is 0.416 e. The number of alkyl halides is 3. The molecule has 0 aliphatic carbocycles. The summed E-state index contributed by atoms with van der Waals surface area (Å²) < 4.78 is 37.6. The van der Waals surface area contributed by atoms with Crippen molar-refractivity contribution in [1.29, 1.82) is 0 Å². The van der Waals surface area contributed by atoms with Crippen LogP contribution in [0.15, 0.2) is 42.5 Å². The lowest BCUT2D eigenvalue weighted by Gasteiger charge is -2.13. The normalized spacial score (nSPS) is 17.7. The Kier molecular flexibility index (Phi) is 3.13. The van der Waals surface area contributed by atoms with Gasteiger partial charge >= 0.3 is 6.18 Å². The summed E-state index contributed by atoms with van der Waals surface area (Å²) in [5.41, 5.74) is 2.28. The van der Waals surface area contributed by atoms with Gasteiger partial charge in [-0.15, -0.1) is 0 Å². The Hall–Kier alpha value is -1.68. The lowest BCUT2D eigenvalue weighted by molar-refractivity contribution is -0.137. The highest BCUT2D eigenvalue weighted by Crippen LogP contribution is 2.36. The number of hydrogen-bond acceptors (Lipinski definition) is 1. The maximum atomic E-state index is 12.5. The maximum absolute atomic E-state index is 12.5. The molecule has 2 aromatic rings. The molecule has 1 unspecified atom stereocenters. The molecular formula is C15H11ClF3N. The van der Waals surface area contributed by atoms with E-state index >= 15 is 0 Å². The fourth-order valence-corrected chi connectivity index (χ4v) is 2.60. The van der Waals surface area contributed by atoms with Crippen LogP contribution in [0.2, 0.25) is 5.02 Å². The second-order valence-corrected chi connectivity index (χ2v) is 5.26. The smallest absolute Gasteiger partial charge is 0.378 e. The Bertz CT molecular complexity index is 635. The fourth-order valence-electron chi connectivity index (χ4n) is 2.43. The quantitative estimate of drug-likeness (QED) is 0.775. The van der Waals surface area contributed by atoms with E-state index in [1.807, 2.05) is 18.2 Å². The van der Waals surface area contributed by atoms with Crippen LogP contribution in [0.3, 0.4) is 0 Å². The van der Waals surface area contributed by atoms with E-state index in [1.165, 1.54) is 12.1 Å². The second-order valence-electron chi connectivity index (χ2n) is 4.82. The van der Waals surface area contributed by atoms with Crippen molar-refractivity contribution in [2.75, 3.05) is 5.32 Å². The topological polar surface area (TPSA) is 12.0 Å². The van der Waals surface area contributed by atoms with E-state index in [2.05, 4.69) is 5.32 Å². The average Bonchev–Trinajstić information content (AvgIpc) is 2.80. The largest absolute Gasteiger partial charge is 0.416 e. The van der Waals surface area contributed by atoms with Crippen molar-refractivity contribution in [3.8, 4) is 0 Å². The van der Waals surface area contributed by atoms with Crippen molar-refractivity contribution in [2.45, 2.75) is 18.6 Å². The Morgan fingerprint density at radius 1 is 1.05 bits per heavy atom. The van der Waals surface area contributed by atoms with E-state index in [1.54, 1.807) is 0 Å². The summed E-state index contributed by atoms with van der Waals surface area (Å²) >= 11 is 5.92. The van der Waals surface area contributed by atoms with Crippen molar-refractivity contribution in [3.63, 3.8) is 0 Å². The first-order chi connectivity index (χ1) is 9.43. The molecule has 0 fully saturated rings. The molecule has 20 heavy (non-hydrogen) atoms. The molecule has 1 atom stereocenters. The molecule has 0 saturated carbocycles. The third kappa shape index (κ3) is 2.48. The van der Waals surface area contributed by atoms with E-state index in [0.29, 0.717) is 5.02 Å². The van der Waals surface area contributed by atoms with E-state index in [-0.39, 0.29) is 6.04 Å². The van der Waals surface area contributed by atoms with Crippen LogP contribution in [0, 0.1) is 0 Å². The van der Waals surface area contributed by atoms with Crippen molar-refractivity contribution in [2.24, 2.45) is 0 Å². The van der Waals surface area contributed by atoms with E-state index < -0.39 is 11.7 Å². The molecular weight excluding hydrogens is 287 g/mol. The van der Waals surface area contributed by atoms with Crippen molar-refractivity contribution in [1.82, 2.24) is 0 Å². The van der Waals surface area contributed by atoms with Gasteiger partial charge in [0, 0.05) is 10.7 Å². The summed E-state index contributed by atoms with van der Waals surface area (Å²) in [6.45, 7) is 0. The van der Waals surface area contributed by atoms with Gasteiger partial charge in [0.2, 0.25) is 0 Å². The van der Waals surface area contributed by atoms with Crippen molar-refractivity contribution < 1.29 is 13.2 Å². The Labute approximate surface area is 119 Å². The summed E-state index contributed by atoms with van der Waals surface area (Å²) in [6, 6.07) is 10.9. The lowest BCUT2D eigenvalue weighted by Crippen LogP contribution is -2.08. The highest BCUT2D eigenvalue weighted by molar-refractivity contribution is 6.30. The Morgan fingerprint density at radius 3 is 2.40 bits per heavy atom. The van der Waals surface area contributed by atoms with Gasteiger partial charge in [-0.2, -0.15) is 13.2 Å². The van der Waals surface area contributed by atoms with Crippen LogP contribution in [-0.4, -0.2) is 0 Å². The third-order valence-corrected chi connectivity index (χ3v) is 3.70. The molecule has 1 aliphatic rings. The summed E-state index contributed by atoms with van der Waals surface area (Å²) in [7, 11) is 0. The number of rotatable bonds is 1. The SMILES string of the molecule is FC(F)(F)c1ccc(C2Cc3ccc(Cl)cc3N2)cc1. The zero-order valence-electron chi connectivity index (χ0n) is 10.3. The third-order valence-electron chi connectivity index (χ3n) is 3.47. The van der Waals surface area contributed by atoms with Crippen LogP contribution >= 0.6 is 11.6 Å². The average molecular weight is 298 g/mol. The molecule has 1 heterocycles. The van der Waals surface area contributed by atoms with Gasteiger partial charge in [-0.25, -0.2) is 0 Å². The highest BCUT2D eigenvalue weighted by atomic mass is 35.5. The molecule has 0 bridgehead atoms. The minimum Gasteiger partial charge on any atom is -0.378 e. The molecule has 3 rings (SSSR count). The molecule has 1 N–H and O–H groups in total. The highest BCUT2D eigenvalue weighted by Gasteiger charge is 2.30. The monoisotopic (exact) mass is 297 g/mol. The van der Waals surface area contributed by atoms with E-state index in [4.69, 9.17) is 11.6 Å². The zero-order valence-corrected chi connectivity index (χ0v) is 11.1. The predicted molar refractivity (Wildman–Crippen MR) is 73.0 cm³/mol. The van der Waals surface area contributed by atoms with Crippen molar-refractivity contribution >= 4 is 17.3 Å². The Morgan fingerprint density at radius 2 is 1.75 bits per heavy atom. The van der Waals surface area contributed by atoms with Crippen LogP contribution in [0.4, 0.5) is 18.9 Å². The number of anilines is 1. The van der Waals surface area contributed by atoms with Gasteiger partial charge in [-0.3, -0.25) is 0 Å². The molecule has 2 aromatic carbocycles. The van der Waals surface area contributed by atoms with Crippen LogP contribution in [0.5, 0.6) is 0 Å². The molecule has 1 aliphatic heterocycles. The molecule has 1 nitrogen and oxygen atoms in total. The summed E-state index contributed by atoms with van der Waals surface area (Å²) in [6.07, 6.45) is -3.55. The van der Waals surface area contributed by atoms with Gasteiger partial charge < -0.3 is 5.32 Å². The molecule has 0 spiro atoms. The van der Waals surface area contributed by atoms with Gasteiger partial charge in [0.1, 0.15) is 0 Å². The molecule has 5 heteroatoms. The fraction of sp³-hybridized carbons (Fsp3) is 0.200. The van der Waals surface area contributed by atoms with Crippen LogP contribution < -0.4 is 5.32 Å². The lowest BCUT2D eigenvalue weighted by atomic mass is 10.0. The van der Waals surface area contributed by atoms with Gasteiger partial charge in [0.05, 0.1) is 11.6 Å². The number of fused-ring (bicyclic) bond motifs is 1. The Balaban J connectivity index is 1.83.